The van der Waals surface area contributed by atoms with Crippen LogP contribution in [0.2, 0.25) is 0 Å². The number of imide groups is 2. The predicted octanol–water partition coefficient (Wildman–Crippen LogP) is 1.30. The maximum atomic E-state index is 12.8. The molecule has 1 aromatic heterocycles. The van der Waals surface area contributed by atoms with Gasteiger partial charge in [-0.25, -0.2) is 9.59 Å². The topological polar surface area (TPSA) is 224 Å². The van der Waals surface area contributed by atoms with Crippen LogP contribution in [0.1, 0.15) is 58.4 Å². The zero-order chi connectivity index (χ0) is 35.9. The van der Waals surface area contributed by atoms with Gasteiger partial charge in [0.1, 0.15) is 0 Å². The molecule has 266 valence electrons. The Kier molecular flexibility index (Phi) is 13.5. The minimum Gasteiger partial charge on any atom is -0.492 e. The van der Waals surface area contributed by atoms with Crippen molar-refractivity contribution in [2.75, 3.05) is 39.5 Å². The second kappa shape index (κ2) is 18.1. The number of urea groups is 1. The Morgan fingerprint density at radius 2 is 1.28 bits per heavy atom. The highest BCUT2D eigenvalue weighted by atomic mass is 16.7. The molecule has 3 aromatic rings. The fourth-order valence-corrected chi connectivity index (χ4v) is 5.16. The number of nitrogens with zero attached hydrogens (tertiary/aromatic N) is 1. The van der Waals surface area contributed by atoms with Gasteiger partial charge in [0.2, 0.25) is 29.5 Å². The SMILES string of the molecule is O=C(CCCCCC1(c2ccccc2)C(=O)NC(=O)NC1=O)NCCOCCOCCNC(=O)c1ccc(C(=O)On2c(O)ccc2O)cc1. The highest BCUT2D eigenvalue weighted by Crippen LogP contribution is 2.33. The average molecular weight is 694 g/mol. The summed E-state index contributed by atoms with van der Waals surface area (Å²) in [5.74, 6) is -3.58. The first-order chi connectivity index (χ1) is 24.1. The van der Waals surface area contributed by atoms with E-state index in [1.165, 1.54) is 24.3 Å². The fourth-order valence-electron chi connectivity index (χ4n) is 5.16. The first-order valence-corrected chi connectivity index (χ1v) is 16.0. The molecule has 0 saturated carbocycles. The lowest BCUT2D eigenvalue weighted by atomic mass is 9.73. The van der Waals surface area contributed by atoms with Crippen molar-refractivity contribution in [2.45, 2.75) is 37.5 Å². The molecule has 2 aromatic carbocycles. The third kappa shape index (κ3) is 9.90. The van der Waals surface area contributed by atoms with Gasteiger partial charge in [0.05, 0.1) is 32.0 Å². The summed E-state index contributed by atoms with van der Waals surface area (Å²) in [5, 5.41) is 29.0. The van der Waals surface area contributed by atoms with E-state index >= 15 is 0 Å². The summed E-state index contributed by atoms with van der Waals surface area (Å²) in [6.45, 7) is 1.63. The summed E-state index contributed by atoms with van der Waals surface area (Å²) < 4.78 is 11.5. The number of unbranched alkanes of at least 4 members (excludes halogenated alkanes) is 2. The van der Waals surface area contributed by atoms with Gasteiger partial charge in [0.25, 0.3) is 5.91 Å². The van der Waals surface area contributed by atoms with E-state index in [0.29, 0.717) is 41.7 Å². The molecule has 50 heavy (non-hydrogen) atoms. The van der Waals surface area contributed by atoms with Crippen molar-refractivity contribution in [3.63, 3.8) is 0 Å². The van der Waals surface area contributed by atoms with Crippen molar-refractivity contribution in [3.8, 4) is 11.8 Å². The van der Waals surface area contributed by atoms with Crippen LogP contribution >= 0.6 is 0 Å². The van der Waals surface area contributed by atoms with Crippen molar-refractivity contribution in [2.24, 2.45) is 0 Å². The maximum Gasteiger partial charge on any atom is 0.363 e. The van der Waals surface area contributed by atoms with Crippen molar-refractivity contribution >= 4 is 35.6 Å². The molecule has 4 rings (SSSR count). The van der Waals surface area contributed by atoms with Gasteiger partial charge in [-0.2, -0.15) is 0 Å². The first kappa shape index (κ1) is 37.1. The predicted molar refractivity (Wildman–Crippen MR) is 175 cm³/mol. The largest absolute Gasteiger partial charge is 0.492 e. The van der Waals surface area contributed by atoms with Crippen LogP contribution in [0.3, 0.4) is 0 Å². The Bertz CT molecular complexity index is 1620. The maximum absolute atomic E-state index is 12.8. The molecule has 1 fully saturated rings. The van der Waals surface area contributed by atoms with Crippen molar-refractivity contribution < 1.29 is 53.3 Å². The van der Waals surface area contributed by atoms with Crippen LogP contribution in [0.15, 0.2) is 66.7 Å². The summed E-state index contributed by atoms with van der Waals surface area (Å²) in [7, 11) is 0. The summed E-state index contributed by atoms with van der Waals surface area (Å²) in [6.07, 6.45) is 2.10. The average Bonchev–Trinajstić information content (AvgIpc) is 3.42. The zero-order valence-electron chi connectivity index (χ0n) is 27.1. The van der Waals surface area contributed by atoms with Gasteiger partial charge < -0.3 is 35.2 Å². The zero-order valence-corrected chi connectivity index (χ0v) is 27.1. The second-order valence-corrected chi connectivity index (χ2v) is 11.2. The summed E-state index contributed by atoms with van der Waals surface area (Å²) in [5.41, 5.74) is -0.604. The number of hydrogen-bond donors (Lipinski definition) is 6. The van der Waals surface area contributed by atoms with Gasteiger partial charge in [-0.05, 0) is 42.7 Å². The van der Waals surface area contributed by atoms with E-state index in [4.69, 9.17) is 14.3 Å². The van der Waals surface area contributed by atoms with Gasteiger partial charge in [-0.1, -0.05) is 43.2 Å². The van der Waals surface area contributed by atoms with Gasteiger partial charge in [-0.15, -0.1) is 4.73 Å². The summed E-state index contributed by atoms with van der Waals surface area (Å²) >= 11 is 0. The van der Waals surface area contributed by atoms with Gasteiger partial charge in [0.15, 0.2) is 5.41 Å². The summed E-state index contributed by atoms with van der Waals surface area (Å²) in [4.78, 5) is 78.9. The number of aromatic nitrogens is 1. The van der Waals surface area contributed by atoms with E-state index in [1.54, 1.807) is 30.3 Å². The number of carbonyl (C=O) groups excluding carboxylic acids is 6. The highest BCUT2D eigenvalue weighted by Gasteiger charge is 2.51. The first-order valence-electron chi connectivity index (χ1n) is 16.0. The number of amides is 6. The monoisotopic (exact) mass is 693 g/mol. The molecule has 1 aliphatic heterocycles. The Balaban J connectivity index is 1.01. The quantitative estimate of drug-likeness (QED) is 0.0776. The van der Waals surface area contributed by atoms with E-state index in [9.17, 15) is 39.0 Å². The number of aromatic hydroxyl groups is 2. The molecule has 0 spiro atoms. The van der Waals surface area contributed by atoms with Crippen LogP contribution in [-0.2, 0) is 29.3 Å². The van der Waals surface area contributed by atoms with E-state index in [-0.39, 0.29) is 63.2 Å². The number of hydrogen-bond acceptors (Lipinski definition) is 11. The lowest BCUT2D eigenvalue weighted by molar-refractivity contribution is -0.139. The Hall–Kier alpha value is -5.74. The van der Waals surface area contributed by atoms with E-state index in [1.807, 2.05) is 0 Å². The van der Waals surface area contributed by atoms with Crippen LogP contribution in [0.25, 0.3) is 0 Å². The van der Waals surface area contributed by atoms with Crippen LogP contribution in [0, 0.1) is 0 Å². The molecule has 6 N–H and O–H groups in total. The van der Waals surface area contributed by atoms with Crippen LogP contribution in [-0.4, -0.2) is 90.1 Å². The molecule has 1 aliphatic rings. The Labute approximate surface area is 287 Å². The van der Waals surface area contributed by atoms with E-state index < -0.39 is 41.0 Å². The van der Waals surface area contributed by atoms with Gasteiger partial charge >= 0.3 is 12.0 Å². The number of benzene rings is 2. The molecule has 0 radical (unpaired) electrons. The fraction of sp³-hybridized carbons (Fsp3) is 0.353. The molecule has 0 atom stereocenters. The van der Waals surface area contributed by atoms with Crippen molar-refractivity contribution in [1.82, 2.24) is 26.0 Å². The minimum atomic E-state index is -1.51. The smallest absolute Gasteiger partial charge is 0.363 e. The lowest BCUT2D eigenvalue weighted by Gasteiger charge is -2.34. The van der Waals surface area contributed by atoms with Gasteiger partial charge in [-0.3, -0.25) is 29.8 Å². The van der Waals surface area contributed by atoms with Crippen molar-refractivity contribution in [3.05, 3.63) is 83.4 Å². The number of barbiturate groups is 1. The molecule has 16 heteroatoms. The number of nitrogens with one attached hydrogen (secondary N) is 4. The molecular weight excluding hydrogens is 654 g/mol. The lowest BCUT2D eigenvalue weighted by Crippen LogP contribution is -2.64. The molecule has 16 nitrogen and oxygen atoms in total. The third-order valence-corrected chi connectivity index (χ3v) is 7.78. The van der Waals surface area contributed by atoms with Crippen LogP contribution in [0.4, 0.5) is 4.79 Å². The number of ether oxygens (including phenoxy) is 2. The second-order valence-electron chi connectivity index (χ2n) is 11.2. The standard InChI is InChI=1S/C34H39N5O11/c40-26(9-5-2-6-16-34(25-7-3-1-4-8-25)31(45)37-33(47)38-32(34)46)35-17-19-48-21-22-49-20-18-36-29(43)23-10-12-24(13-11-23)30(44)50-39-27(41)14-15-28(39)42/h1,3-4,7-8,10-15,41-42H,2,5-6,9,16-22H2,(H,35,40)(H,36,43)(H2,37,38,45,46,47). The molecule has 6 amide bonds. The van der Waals surface area contributed by atoms with Crippen LogP contribution < -0.4 is 26.1 Å². The highest BCUT2D eigenvalue weighted by molar-refractivity contribution is 6.22. The summed E-state index contributed by atoms with van der Waals surface area (Å²) in [6, 6.07) is 15.7. The molecule has 0 bridgehead atoms. The van der Waals surface area contributed by atoms with E-state index in [2.05, 4.69) is 21.3 Å². The Morgan fingerprint density at radius 1 is 0.700 bits per heavy atom. The van der Waals surface area contributed by atoms with E-state index in [0.717, 1.165) is 12.1 Å². The van der Waals surface area contributed by atoms with Crippen molar-refractivity contribution in [1.29, 1.82) is 0 Å². The normalized spacial score (nSPS) is 13.6. The molecule has 0 unspecified atom stereocenters. The minimum absolute atomic E-state index is 0.103. The van der Waals surface area contributed by atoms with Crippen LogP contribution in [0.5, 0.6) is 11.8 Å². The molecule has 0 aliphatic carbocycles. The third-order valence-electron chi connectivity index (χ3n) is 7.78. The molecular formula is C34H39N5O11. The molecule has 1 saturated heterocycles. The Morgan fingerprint density at radius 3 is 1.90 bits per heavy atom. The number of carbonyl (C=O) groups is 6. The number of rotatable bonds is 19. The molecule has 2 heterocycles. The van der Waals surface area contributed by atoms with Gasteiger partial charge in [0, 0.05) is 37.2 Å².